The van der Waals surface area contributed by atoms with E-state index in [1.807, 2.05) is 18.2 Å². The molecule has 1 amide bonds. The number of nitro groups is 1. The van der Waals surface area contributed by atoms with Crippen LogP contribution < -0.4 is 14.8 Å². The number of anilines is 1. The first-order valence-corrected chi connectivity index (χ1v) is 10.3. The van der Waals surface area contributed by atoms with Crippen LogP contribution in [0.2, 0.25) is 0 Å². The molecule has 164 valence electrons. The molecule has 0 fully saturated rings. The zero-order valence-electron chi connectivity index (χ0n) is 17.2. The summed E-state index contributed by atoms with van der Waals surface area (Å²) in [4.78, 5) is 36.3. The smallest absolute Gasteiger partial charge is 0.341 e. The van der Waals surface area contributed by atoms with Gasteiger partial charge in [0.2, 0.25) is 6.79 Å². The van der Waals surface area contributed by atoms with Crippen molar-refractivity contribution >= 4 is 33.9 Å². The van der Waals surface area contributed by atoms with E-state index in [-0.39, 0.29) is 23.6 Å². The van der Waals surface area contributed by atoms with Crippen molar-refractivity contribution in [2.75, 3.05) is 19.2 Å². The lowest BCUT2D eigenvalue weighted by Gasteiger charge is -2.06. The molecule has 0 bridgehead atoms. The molecule has 32 heavy (non-hydrogen) atoms. The van der Waals surface area contributed by atoms with Crippen LogP contribution in [0.15, 0.2) is 42.5 Å². The van der Waals surface area contributed by atoms with Crippen molar-refractivity contribution in [1.29, 1.82) is 0 Å². The lowest BCUT2D eigenvalue weighted by molar-refractivity contribution is -0.384. The molecular weight excluding hydrogens is 436 g/mol. The van der Waals surface area contributed by atoms with Crippen LogP contribution in [-0.4, -0.2) is 30.7 Å². The van der Waals surface area contributed by atoms with Crippen molar-refractivity contribution in [3.63, 3.8) is 0 Å². The topological polar surface area (TPSA) is 117 Å². The van der Waals surface area contributed by atoms with E-state index >= 15 is 0 Å². The van der Waals surface area contributed by atoms with Gasteiger partial charge in [-0.05, 0) is 42.3 Å². The Morgan fingerprint density at radius 3 is 2.56 bits per heavy atom. The van der Waals surface area contributed by atoms with E-state index in [2.05, 4.69) is 5.32 Å². The highest BCUT2D eigenvalue weighted by Gasteiger charge is 2.24. The first-order valence-electron chi connectivity index (χ1n) is 9.52. The molecule has 2 heterocycles. The average Bonchev–Trinajstić information content (AvgIpc) is 3.37. The molecule has 4 rings (SSSR count). The summed E-state index contributed by atoms with van der Waals surface area (Å²) >= 11 is 1.28. The molecule has 1 N–H and O–H groups in total. The lowest BCUT2D eigenvalue weighted by atomic mass is 10.1. The molecule has 2 aromatic carbocycles. The number of nitrogens with one attached hydrogen (secondary N) is 1. The predicted octanol–water partition coefficient (Wildman–Crippen LogP) is 4.32. The second-order valence-corrected chi connectivity index (χ2v) is 8.07. The summed E-state index contributed by atoms with van der Waals surface area (Å²) in [5.41, 5.74) is 2.06. The number of esters is 1. The number of thiophene rings is 1. The maximum atomic E-state index is 12.7. The van der Waals surface area contributed by atoms with E-state index in [4.69, 9.17) is 14.2 Å². The van der Waals surface area contributed by atoms with Crippen molar-refractivity contribution in [3.05, 3.63) is 79.7 Å². The van der Waals surface area contributed by atoms with Crippen molar-refractivity contribution in [3.8, 4) is 11.5 Å². The van der Waals surface area contributed by atoms with Gasteiger partial charge in [-0.25, -0.2) is 4.79 Å². The number of non-ortho nitro benzene ring substituents is 1. The number of nitrogens with zero attached hydrogens (tertiary/aromatic N) is 1. The van der Waals surface area contributed by atoms with Crippen LogP contribution in [0.25, 0.3) is 0 Å². The van der Waals surface area contributed by atoms with Gasteiger partial charge in [-0.15, -0.1) is 11.3 Å². The molecule has 1 aliphatic heterocycles. The molecule has 1 aliphatic rings. The van der Waals surface area contributed by atoms with Crippen LogP contribution in [0.5, 0.6) is 11.5 Å². The van der Waals surface area contributed by atoms with E-state index in [1.54, 1.807) is 6.92 Å². The monoisotopic (exact) mass is 454 g/mol. The van der Waals surface area contributed by atoms with Crippen LogP contribution in [0, 0.1) is 17.0 Å². The summed E-state index contributed by atoms with van der Waals surface area (Å²) in [6, 6.07) is 10.9. The minimum Gasteiger partial charge on any atom is -0.465 e. The van der Waals surface area contributed by atoms with Crippen molar-refractivity contribution in [2.24, 2.45) is 0 Å². The molecule has 1 aromatic heterocycles. The zero-order valence-corrected chi connectivity index (χ0v) is 18.0. The highest BCUT2D eigenvalue weighted by molar-refractivity contribution is 7.17. The van der Waals surface area contributed by atoms with Gasteiger partial charge in [-0.3, -0.25) is 14.9 Å². The van der Waals surface area contributed by atoms with Crippen LogP contribution >= 0.6 is 11.3 Å². The van der Waals surface area contributed by atoms with Crippen molar-refractivity contribution < 1.29 is 28.7 Å². The summed E-state index contributed by atoms with van der Waals surface area (Å²) in [6.07, 6.45) is 0.518. The summed E-state index contributed by atoms with van der Waals surface area (Å²) < 4.78 is 15.7. The first-order chi connectivity index (χ1) is 15.4. The molecule has 9 nitrogen and oxygen atoms in total. The number of carbonyl (C=O) groups is 2. The van der Waals surface area contributed by atoms with Gasteiger partial charge in [0.15, 0.2) is 11.5 Å². The Morgan fingerprint density at radius 1 is 1.16 bits per heavy atom. The summed E-state index contributed by atoms with van der Waals surface area (Å²) in [5.74, 6) is 0.301. The van der Waals surface area contributed by atoms with Gasteiger partial charge >= 0.3 is 5.97 Å². The standard InChI is InChI=1S/C22H18N2O7S/c1-12-18(10-13-3-8-16-17(9-13)31-11-30-16)32-21(19(12)22(26)29-2)23-20(25)14-4-6-15(7-5-14)24(27)28/h3-9H,10-11H2,1-2H3,(H,23,25). The molecule has 0 aliphatic carbocycles. The third-order valence-electron chi connectivity index (χ3n) is 5.00. The highest BCUT2D eigenvalue weighted by Crippen LogP contribution is 2.38. The van der Waals surface area contributed by atoms with E-state index in [0.29, 0.717) is 28.5 Å². The second-order valence-electron chi connectivity index (χ2n) is 6.97. The van der Waals surface area contributed by atoms with Crippen LogP contribution in [0.4, 0.5) is 10.7 Å². The van der Waals surface area contributed by atoms with Crippen LogP contribution in [0.1, 0.15) is 36.7 Å². The first kappa shape index (κ1) is 21.3. The Morgan fingerprint density at radius 2 is 1.88 bits per heavy atom. The number of fused-ring (bicyclic) bond motifs is 1. The SMILES string of the molecule is COC(=O)c1c(NC(=O)c2ccc([N+](=O)[O-])cc2)sc(Cc2ccc3c(c2)OCO3)c1C. The number of methoxy groups -OCH3 is 1. The van der Waals surface area contributed by atoms with Crippen LogP contribution in [-0.2, 0) is 11.2 Å². The molecule has 0 spiro atoms. The third kappa shape index (κ3) is 4.12. The fraction of sp³-hybridized carbons (Fsp3) is 0.182. The minimum atomic E-state index is -0.560. The average molecular weight is 454 g/mol. The van der Waals surface area contributed by atoms with E-state index in [9.17, 15) is 19.7 Å². The number of nitro benzene ring substituents is 1. The maximum Gasteiger partial charge on any atom is 0.341 e. The molecule has 10 heteroatoms. The van der Waals surface area contributed by atoms with Gasteiger partial charge in [0.1, 0.15) is 5.00 Å². The number of rotatable bonds is 6. The quantitative estimate of drug-likeness (QED) is 0.335. The maximum absolute atomic E-state index is 12.7. The second kappa shape index (κ2) is 8.67. The third-order valence-corrected chi connectivity index (χ3v) is 6.21. The van der Waals surface area contributed by atoms with Gasteiger partial charge in [0.25, 0.3) is 11.6 Å². The number of amides is 1. The number of carbonyl (C=O) groups excluding carboxylic acids is 2. The number of ether oxygens (including phenoxy) is 3. The Bertz CT molecular complexity index is 1220. The van der Waals surface area contributed by atoms with Crippen molar-refractivity contribution in [2.45, 2.75) is 13.3 Å². The molecule has 3 aromatic rings. The summed E-state index contributed by atoms with van der Waals surface area (Å²) in [7, 11) is 1.28. The lowest BCUT2D eigenvalue weighted by Crippen LogP contribution is -2.14. The molecule has 0 atom stereocenters. The fourth-order valence-electron chi connectivity index (χ4n) is 3.31. The number of hydrogen-bond acceptors (Lipinski definition) is 8. The predicted molar refractivity (Wildman–Crippen MR) is 117 cm³/mol. The number of benzene rings is 2. The van der Waals surface area contributed by atoms with E-state index in [0.717, 1.165) is 10.4 Å². The van der Waals surface area contributed by atoms with E-state index < -0.39 is 16.8 Å². The largest absolute Gasteiger partial charge is 0.465 e. The van der Waals surface area contributed by atoms with Gasteiger partial charge < -0.3 is 19.5 Å². The van der Waals surface area contributed by atoms with E-state index in [1.165, 1.54) is 42.7 Å². The Balaban J connectivity index is 1.61. The molecule has 0 radical (unpaired) electrons. The molecular formula is C22H18N2O7S. The zero-order chi connectivity index (χ0) is 22.8. The minimum absolute atomic E-state index is 0.116. The van der Waals surface area contributed by atoms with Gasteiger partial charge in [0, 0.05) is 29.0 Å². The normalized spacial score (nSPS) is 11.8. The van der Waals surface area contributed by atoms with Crippen molar-refractivity contribution in [1.82, 2.24) is 0 Å². The molecule has 0 saturated carbocycles. The Kier molecular flexibility index (Phi) is 5.78. The summed E-state index contributed by atoms with van der Waals surface area (Å²) in [5, 5.41) is 13.9. The number of hydrogen-bond donors (Lipinski definition) is 1. The van der Waals surface area contributed by atoms with Gasteiger partial charge in [0.05, 0.1) is 17.6 Å². The van der Waals surface area contributed by atoms with Gasteiger partial charge in [-0.1, -0.05) is 6.07 Å². The highest BCUT2D eigenvalue weighted by atomic mass is 32.1. The fourth-order valence-corrected chi connectivity index (χ4v) is 4.53. The molecule has 0 saturated heterocycles. The Labute approximate surface area is 186 Å². The Hall–Kier alpha value is -3.92. The summed E-state index contributed by atoms with van der Waals surface area (Å²) in [6.45, 7) is 1.98. The molecule has 0 unspecified atom stereocenters. The van der Waals surface area contributed by atoms with Crippen LogP contribution in [0.3, 0.4) is 0 Å². The van der Waals surface area contributed by atoms with Gasteiger partial charge in [-0.2, -0.15) is 0 Å².